The van der Waals surface area contributed by atoms with Gasteiger partial charge in [-0.25, -0.2) is 4.98 Å². The maximum Gasteiger partial charge on any atom is 0.255 e. The van der Waals surface area contributed by atoms with Gasteiger partial charge < -0.3 is 19.3 Å². The number of hydrogen-bond acceptors (Lipinski definition) is 4. The van der Waals surface area contributed by atoms with Crippen LogP contribution in [0.15, 0.2) is 30.5 Å². The molecule has 0 fully saturated rings. The first-order valence-corrected chi connectivity index (χ1v) is 7.59. The van der Waals surface area contributed by atoms with Crippen molar-refractivity contribution in [2.75, 3.05) is 33.4 Å². The van der Waals surface area contributed by atoms with Gasteiger partial charge in [0.25, 0.3) is 5.91 Å². The average Bonchev–Trinajstić information content (AvgIpc) is 2.86. The van der Waals surface area contributed by atoms with Crippen molar-refractivity contribution in [1.82, 2.24) is 14.5 Å². The maximum atomic E-state index is 12.8. The number of ether oxygens (including phenoxy) is 1. The Morgan fingerprint density at radius 2 is 2.13 bits per heavy atom. The van der Waals surface area contributed by atoms with Gasteiger partial charge in [0.05, 0.1) is 18.8 Å². The van der Waals surface area contributed by atoms with Gasteiger partial charge in [0.2, 0.25) is 0 Å². The standard InChI is InChI=1S/C17H23N3O3/c1-13-12-15(17(22)19(8-10-21)9-11-23-3)14(2)20(13)16-6-4-5-7-18-16/h4-7,12,21H,8-11H2,1-3H3. The smallest absolute Gasteiger partial charge is 0.255 e. The number of aryl methyl sites for hydroxylation is 1. The van der Waals surface area contributed by atoms with E-state index in [2.05, 4.69) is 4.98 Å². The molecule has 0 spiro atoms. The molecule has 0 aliphatic carbocycles. The van der Waals surface area contributed by atoms with Gasteiger partial charge in [-0.3, -0.25) is 4.79 Å². The van der Waals surface area contributed by atoms with Crippen LogP contribution in [0.25, 0.3) is 5.82 Å². The monoisotopic (exact) mass is 317 g/mol. The molecule has 6 nitrogen and oxygen atoms in total. The summed E-state index contributed by atoms with van der Waals surface area (Å²) in [6.45, 7) is 4.95. The van der Waals surface area contributed by atoms with E-state index < -0.39 is 0 Å². The number of pyridine rings is 1. The highest BCUT2D eigenvalue weighted by atomic mass is 16.5. The molecular weight excluding hydrogens is 294 g/mol. The largest absolute Gasteiger partial charge is 0.395 e. The lowest BCUT2D eigenvalue weighted by atomic mass is 10.2. The third-order valence-corrected chi connectivity index (χ3v) is 3.76. The Hall–Kier alpha value is -2.18. The van der Waals surface area contributed by atoms with E-state index >= 15 is 0 Å². The van der Waals surface area contributed by atoms with Gasteiger partial charge in [-0.2, -0.15) is 0 Å². The Kier molecular flexibility index (Phi) is 5.90. The number of carbonyl (C=O) groups excluding carboxylic acids is 1. The summed E-state index contributed by atoms with van der Waals surface area (Å²) in [5.41, 5.74) is 2.41. The summed E-state index contributed by atoms with van der Waals surface area (Å²) >= 11 is 0. The molecule has 124 valence electrons. The molecule has 23 heavy (non-hydrogen) atoms. The summed E-state index contributed by atoms with van der Waals surface area (Å²) in [5, 5.41) is 9.19. The Morgan fingerprint density at radius 1 is 1.35 bits per heavy atom. The lowest BCUT2D eigenvalue weighted by molar-refractivity contribution is 0.0656. The third-order valence-electron chi connectivity index (χ3n) is 3.76. The number of rotatable bonds is 7. The molecule has 2 rings (SSSR count). The lowest BCUT2D eigenvalue weighted by Crippen LogP contribution is -2.36. The Bertz CT molecular complexity index is 653. The Labute approximate surface area is 136 Å². The van der Waals surface area contributed by atoms with Crippen LogP contribution in [-0.2, 0) is 4.74 Å². The zero-order valence-corrected chi connectivity index (χ0v) is 13.8. The Balaban J connectivity index is 2.34. The molecule has 0 unspecified atom stereocenters. The van der Waals surface area contributed by atoms with Crippen molar-refractivity contribution in [3.05, 3.63) is 47.4 Å². The summed E-state index contributed by atoms with van der Waals surface area (Å²) < 4.78 is 7.00. The van der Waals surface area contributed by atoms with Crippen LogP contribution in [0.3, 0.4) is 0 Å². The fourth-order valence-corrected chi connectivity index (χ4v) is 2.63. The molecular formula is C17H23N3O3. The van der Waals surface area contributed by atoms with Crippen LogP contribution in [0.5, 0.6) is 0 Å². The molecule has 6 heteroatoms. The summed E-state index contributed by atoms with van der Waals surface area (Å²) in [7, 11) is 1.59. The Morgan fingerprint density at radius 3 is 2.74 bits per heavy atom. The number of aromatic nitrogens is 2. The van der Waals surface area contributed by atoms with Gasteiger partial charge in [0, 0.05) is 37.8 Å². The van der Waals surface area contributed by atoms with E-state index in [0.717, 1.165) is 17.2 Å². The zero-order valence-electron chi connectivity index (χ0n) is 13.8. The van der Waals surface area contributed by atoms with Crippen LogP contribution in [0.4, 0.5) is 0 Å². The highest BCUT2D eigenvalue weighted by molar-refractivity contribution is 5.96. The van der Waals surface area contributed by atoms with Crippen molar-refractivity contribution in [3.63, 3.8) is 0 Å². The number of aliphatic hydroxyl groups is 1. The zero-order chi connectivity index (χ0) is 16.8. The molecule has 0 saturated heterocycles. The maximum absolute atomic E-state index is 12.8. The molecule has 2 aromatic rings. The van der Waals surface area contributed by atoms with Crippen molar-refractivity contribution in [1.29, 1.82) is 0 Å². The number of amides is 1. The average molecular weight is 317 g/mol. The van der Waals surface area contributed by atoms with Crippen LogP contribution < -0.4 is 0 Å². The third kappa shape index (κ3) is 3.78. The van der Waals surface area contributed by atoms with E-state index in [1.807, 2.05) is 42.7 Å². The summed E-state index contributed by atoms with van der Waals surface area (Å²) in [6.07, 6.45) is 1.73. The molecule has 2 aromatic heterocycles. The van der Waals surface area contributed by atoms with Crippen LogP contribution in [0.1, 0.15) is 21.7 Å². The minimum Gasteiger partial charge on any atom is -0.395 e. The highest BCUT2D eigenvalue weighted by Gasteiger charge is 2.21. The fraction of sp³-hybridized carbons (Fsp3) is 0.412. The molecule has 0 aromatic carbocycles. The predicted octanol–water partition coefficient (Wildman–Crippen LogP) is 1.57. The van der Waals surface area contributed by atoms with Crippen molar-refractivity contribution < 1.29 is 14.6 Å². The van der Waals surface area contributed by atoms with Crippen LogP contribution in [0, 0.1) is 13.8 Å². The minimum absolute atomic E-state index is 0.0750. The first kappa shape index (κ1) is 17.2. The number of nitrogens with zero attached hydrogens (tertiary/aromatic N) is 3. The SMILES string of the molecule is COCCN(CCO)C(=O)c1cc(C)n(-c2ccccn2)c1C. The second-order valence-electron chi connectivity index (χ2n) is 5.32. The predicted molar refractivity (Wildman–Crippen MR) is 87.9 cm³/mol. The minimum atomic E-state index is -0.105. The number of hydrogen-bond donors (Lipinski definition) is 1. The van der Waals surface area contributed by atoms with Gasteiger partial charge in [0.15, 0.2) is 0 Å². The molecule has 2 heterocycles. The molecule has 0 aliphatic heterocycles. The highest BCUT2D eigenvalue weighted by Crippen LogP contribution is 2.20. The first-order chi connectivity index (χ1) is 11.1. The molecule has 0 atom stereocenters. The van der Waals surface area contributed by atoms with E-state index in [1.54, 1.807) is 18.2 Å². The van der Waals surface area contributed by atoms with Crippen molar-refractivity contribution in [2.24, 2.45) is 0 Å². The van der Waals surface area contributed by atoms with Crippen molar-refractivity contribution in [2.45, 2.75) is 13.8 Å². The lowest BCUT2D eigenvalue weighted by Gasteiger charge is -2.21. The summed E-state index contributed by atoms with van der Waals surface area (Å²) in [5.74, 6) is 0.679. The van der Waals surface area contributed by atoms with Gasteiger partial charge in [-0.05, 0) is 32.0 Å². The normalized spacial score (nSPS) is 10.8. The van der Waals surface area contributed by atoms with Crippen LogP contribution in [0.2, 0.25) is 0 Å². The van der Waals surface area contributed by atoms with E-state index in [9.17, 15) is 9.90 Å². The van der Waals surface area contributed by atoms with Gasteiger partial charge in [0.1, 0.15) is 5.82 Å². The van der Waals surface area contributed by atoms with Crippen LogP contribution in [-0.4, -0.2) is 58.9 Å². The molecule has 0 bridgehead atoms. The molecule has 1 amide bonds. The quantitative estimate of drug-likeness (QED) is 0.842. The molecule has 0 saturated carbocycles. The topological polar surface area (TPSA) is 67.6 Å². The number of methoxy groups -OCH3 is 1. The van der Waals surface area contributed by atoms with E-state index in [4.69, 9.17) is 4.74 Å². The van der Waals surface area contributed by atoms with Crippen LogP contribution >= 0.6 is 0 Å². The van der Waals surface area contributed by atoms with Crippen molar-refractivity contribution in [3.8, 4) is 5.82 Å². The fourth-order valence-electron chi connectivity index (χ4n) is 2.63. The molecule has 1 N–H and O–H groups in total. The van der Waals surface area contributed by atoms with Crippen molar-refractivity contribution >= 4 is 5.91 Å². The van der Waals surface area contributed by atoms with Gasteiger partial charge in [-0.15, -0.1) is 0 Å². The summed E-state index contributed by atoms with van der Waals surface area (Å²) in [4.78, 5) is 18.7. The molecule has 0 radical (unpaired) electrons. The summed E-state index contributed by atoms with van der Waals surface area (Å²) in [6, 6.07) is 7.55. The second-order valence-corrected chi connectivity index (χ2v) is 5.32. The molecule has 0 aliphatic rings. The van der Waals surface area contributed by atoms with E-state index in [0.29, 0.717) is 18.7 Å². The second kappa shape index (κ2) is 7.89. The van der Waals surface area contributed by atoms with E-state index in [1.165, 1.54) is 0 Å². The van der Waals surface area contributed by atoms with Gasteiger partial charge in [-0.1, -0.05) is 6.07 Å². The first-order valence-electron chi connectivity index (χ1n) is 7.59. The number of aliphatic hydroxyl groups excluding tert-OH is 1. The van der Waals surface area contributed by atoms with E-state index in [-0.39, 0.29) is 19.1 Å². The van der Waals surface area contributed by atoms with Gasteiger partial charge >= 0.3 is 0 Å². The number of carbonyl (C=O) groups is 1.